The number of unbranched alkanes of at least 4 members (excludes halogenated alkanes) is 2. The highest BCUT2D eigenvalue weighted by molar-refractivity contribution is 5.31. The molecular weight excluding hydrogens is 238 g/mol. The molecule has 19 heavy (non-hydrogen) atoms. The van der Waals surface area contributed by atoms with Gasteiger partial charge in [-0.1, -0.05) is 18.2 Å². The van der Waals surface area contributed by atoms with Gasteiger partial charge in [0.05, 0.1) is 0 Å². The molecule has 0 saturated heterocycles. The Balaban J connectivity index is 2.10. The minimum Gasteiger partial charge on any atom is -0.491 e. The SMILES string of the molecule is C#CCCCCNCC(O)COc1ccccc1C. The van der Waals surface area contributed by atoms with Crippen LogP contribution in [0.1, 0.15) is 24.8 Å². The second-order valence-electron chi connectivity index (χ2n) is 4.60. The molecule has 0 aliphatic heterocycles. The second kappa shape index (κ2) is 9.43. The number of aryl methyl sites for hydroxylation is 1. The summed E-state index contributed by atoms with van der Waals surface area (Å²) >= 11 is 0. The Morgan fingerprint density at radius 2 is 2.16 bits per heavy atom. The quantitative estimate of drug-likeness (QED) is 0.528. The summed E-state index contributed by atoms with van der Waals surface area (Å²) in [5, 5.41) is 13.0. The van der Waals surface area contributed by atoms with Crippen molar-refractivity contribution in [1.82, 2.24) is 5.32 Å². The molecule has 1 aromatic carbocycles. The molecule has 3 heteroatoms. The number of benzene rings is 1. The Bertz CT molecular complexity index is 398. The van der Waals surface area contributed by atoms with Gasteiger partial charge in [0.15, 0.2) is 0 Å². The van der Waals surface area contributed by atoms with E-state index < -0.39 is 6.10 Å². The van der Waals surface area contributed by atoms with E-state index in [1.807, 2.05) is 31.2 Å². The fourth-order valence-electron chi connectivity index (χ4n) is 1.71. The van der Waals surface area contributed by atoms with Gasteiger partial charge in [-0.2, -0.15) is 0 Å². The van der Waals surface area contributed by atoms with Gasteiger partial charge in [0.1, 0.15) is 18.5 Å². The van der Waals surface area contributed by atoms with Crippen LogP contribution in [0, 0.1) is 19.3 Å². The van der Waals surface area contributed by atoms with E-state index in [2.05, 4.69) is 11.2 Å². The fraction of sp³-hybridized carbons (Fsp3) is 0.500. The molecule has 0 amide bonds. The molecular formula is C16H23NO2. The molecule has 0 saturated carbocycles. The van der Waals surface area contributed by atoms with E-state index in [1.54, 1.807) is 0 Å². The molecule has 0 heterocycles. The summed E-state index contributed by atoms with van der Waals surface area (Å²) in [5.41, 5.74) is 1.08. The van der Waals surface area contributed by atoms with Gasteiger partial charge in [-0.3, -0.25) is 0 Å². The first-order chi connectivity index (χ1) is 9.24. The van der Waals surface area contributed by atoms with Crippen LogP contribution in [0.25, 0.3) is 0 Å². The molecule has 0 aliphatic carbocycles. The molecule has 1 atom stereocenters. The highest BCUT2D eigenvalue weighted by atomic mass is 16.5. The first-order valence-corrected chi connectivity index (χ1v) is 6.74. The summed E-state index contributed by atoms with van der Waals surface area (Å²) in [6.07, 6.45) is 7.56. The lowest BCUT2D eigenvalue weighted by atomic mass is 10.2. The molecule has 0 aromatic heterocycles. The number of terminal acetylenes is 1. The highest BCUT2D eigenvalue weighted by Gasteiger charge is 2.05. The summed E-state index contributed by atoms with van der Waals surface area (Å²) in [5.74, 6) is 3.44. The maximum atomic E-state index is 9.78. The van der Waals surface area contributed by atoms with Crippen molar-refractivity contribution in [3.8, 4) is 18.1 Å². The van der Waals surface area contributed by atoms with Gasteiger partial charge in [0.2, 0.25) is 0 Å². The van der Waals surface area contributed by atoms with Crippen molar-refractivity contribution >= 4 is 0 Å². The van der Waals surface area contributed by atoms with Crippen LogP contribution in [0.3, 0.4) is 0 Å². The van der Waals surface area contributed by atoms with E-state index in [-0.39, 0.29) is 0 Å². The lowest BCUT2D eigenvalue weighted by Crippen LogP contribution is -2.32. The molecule has 0 fully saturated rings. The Labute approximate surface area is 116 Å². The van der Waals surface area contributed by atoms with Crippen LogP contribution in [0.5, 0.6) is 5.75 Å². The van der Waals surface area contributed by atoms with Crippen LogP contribution in [-0.4, -0.2) is 30.9 Å². The van der Waals surface area contributed by atoms with Crippen molar-refractivity contribution in [3.63, 3.8) is 0 Å². The smallest absolute Gasteiger partial charge is 0.122 e. The predicted octanol–water partition coefficient (Wildman–Crippen LogP) is 2.13. The van der Waals surface area contributed by atoms with E-state index in [9.17, 15) is 5.11 Å². The number of para-hydroxylation sites is 1. The predicted molar refractivity (Wildman–Crippen MR) is 78.2 cm³/mol. The van der Waals surface area contributed by atoms with Crippen LogP contribution in [0.2, 0.25) is 0 Å². The van der Waals surface area contributed by atoms with Gasteiger partial charge >= 0.3 is 0 Å². The summed E-state index contributed by atoms with van der Waals surface area (Å²) in [4.78, 5) is 0. The normalized spacial score (nSPS) is 11.8. The van der Waals surface area contributed by atoms with Crippen molar-refractivity contribution in [2.24, 2.45) is 0 Å². The Hall–Kier alpha value is -1.50. The lowest BCUT2D eigenvalue weighted by molar-refractivity contribution is 0.106. The van der Waals surface area contributed by atoms with Gasteiger partial charge in [-0.05, 0) is 37.9 Å². The Morgan fingerprint density at radius 3 is 2.89 bits per heavy atom. The lowest BCUT2D eigenvalue weighted by Gasteiger charge is -2.14. The topological polar surface area (TPSA) is 41.5 Å². The van der Waals surface area contributed by atoms with Crippen LogP contribution >= 0.6 is 0 Å². The largest absolute Gasteiger partial charge is 0.491 e. The van der Waals surface area contributed by atoms with Gasteiger partial charge in [-0.15, -0.1) is 12.3 Å². The number of aliphatic hydroxyl groups excluding tert-OH is 1. The number of nitrogens with one attached hydrogen (secondary N) is 1. The third kappa shape index (κ3) is 6.85. The average molecular weight is 261 g/mol. The molecule has 1 unspecified atom stereocenters. The van der Waals surface area contributed by atoms with Crippen LogP contribution in [-0.2, 0) is 0 Å². The molecule has 2 N–H and O–H groups in total. The second-order valence-corrected chi connectivity index (χ2v) is 4.60. The van der Waals surface area contributed by atoms with E-state index in [1.165, 1.54) is 0 Å². The molecule has 0 aliphatic rings. The van der Waals surface area contributed by atoms with Crippen LogP contribution in [0.4, 0.5) is 0 Å². The first kappa shape index (κ1) is 15.6. The zero-order chi connectivity index (χ0) is 13.9. The van der Waals surface area contributed by atoms with E-state index >= 15 is 0 Å². The number of hydrogen-bond acceptors (Lipinski definition) is 3. The van der Waals surface area contributed by atoms with E-state index in [0.29, 0.717) is 13.2 Å². The molecule has 1 rings (SSSR count). The summed E-state index contributed by atoms with van der Waals surface area (Å²) < 4.78 is 5.58. The Morgan fingerprint density at radius 1 is 1.37 bits per heavy atom. The molecule has 0 radical (unpaired) electrons. The van der Waals surface area contributed by atoms with Crippen molar-refractivity contribution in [3.05, 3.63) is 29.8 Å². The standard InChI is InChI=1S/C16H23NO2/c1-3-4-5-8-11-17-12-15(18)13-19-16-10-7-6-9-14(16)2/h1,6-7,9-10,15,17-18H,4-5,8,11-13H2,2H3. The fourth-order valence-corrected chi connectivity index (χ4v) is 1.71. The third-order valence-corrected chi connectivity index (χ3v) is 2.83. The molecule has 0 spiro atoms. The van der Waals surface area contributed by atoms with Gasteiger partial charge < -0.3 is 15.2 Å². The van der Waals surface area contributed by atoms with Crippen molar-refractivity contribution in [2.45, 2.75) is 32.3 Å². The van der Waals surface area contributed by atoms with Crippen LogP contribution in [0.15, 0.2) is 24.3 Å². The number of ether oxygens (including phenoxy) is 1. The number of rotatable bonds is 9. The Kier molecular flexibility index (Phi) is 7.72. The van der Waals surface area contributed by atoms with Crippen molar-refractivity contribution in [1.29, 1.82) is 0 Å². The van der Waals surface area contributed by atoms with E-state index in [0.717, 1.165) is 37.1 Å². The van der Waals surface area contributed by atoms with Gasteiger partial charge in [0.25, 0.3) is 0 Å². The zero-order valence-electron chi connectivity index (χ0n) is 11.6. The van der Waals surface area contributed by atoms with E-state index in [4.69, 9.17) is 11.2 Å². The summed E-state index contributed by atoms with van der Waals surface area (Å²) in [7, 11) is 0. The van der Waals surface area contributed by atoms with Crippen molar-refractivity contribution in [2.75, 3.05) is 19.7 Å². The van der Waals surface area contributed by atoms with Crippen LogP contribution < -0.4 is 10.1 Å². The molecule has 1 aromatic rings. The summed E-state index contributed by atoms with van der Waals surface area (Å²) in [6.45, 7) is 3.72. The van der Waals surface area contributed by atoms with Crippen molar-refractivity contribution < 1.29 is 9.84 Å². The third-order valence-electron chi connectivity index (χ3n) is 2.83. The molecule has 3 nitrogen and oxygen atoms in total. The molecule has 0 bridgehead atoms. The minimum atomic E-state index is -0.493. The number of aliphatic hydroxyl groups is 1. The summed E-state index contributed by atoms with van der Waals surface area (Å²) in [6, 6.07) is 7.80. The monoisotopic (exact) mass is 261 g/mol. The zero-order valence-corrected chi connectivity index (χ0v) is 11.6. The average Bonchev–Trinajstić information content (AvgIpc) is 2.42. The maximum Gasteiger partial charge on any atom is 0.122 e. The first-order valence-electron chi connectivity index (χ1n) is 6.74. The minimum absolute atomic E-state index is 0.308. The van der Waals surface area contributed by atoms with Gasteiger partial charge in [0, 0.05) is 13.0 Å². The maximum absolute atomic E-state index is 9.78. The van der Waals surface area contributed by atoms with Gasteiger partial charge in [-0.25, -0.2) is 0 Å². The highest BCUT2D eigenvalue weighted by Crippen LogP contribution is 2.16. The molecule has 104 valence electrons. The number of hydrogen-bond donors (Lipinski definition) is 2.